The number of nitrogens with zero attached hydrogens (tertiary/aromatic N) is 3. The van der Waals surface area contributed by atoms with Crippen LogP contribution in [0.1, 0.15) is 52.2 Å². The number of nitrogens with one attached hydrogen (secondary N) is 1. The maximum absolute atomic E-state index is 14.2. The Morgan fingerprint density at radius 2 is 1.77 bits per heavy atom. The first kappa shape index (κ1) is 27.0. The SMILES string of the molecule is CC[C@@H]1C=C[C@H](C)N2CN1n1cc(C(=O)NCc3c(F)cc(F)cc3F)c(=O)c(OCc3ccccc3)c1C2=O. The van der Waals surface area contributed by atoms with E-state index in [9.17, 15) is 27.6 Å². The van der Waals surface area contributed by atoms with E-state index in [0.717, 1.165) is 5.56 Å². The molecule has 3 aromatic rings. The lowest BCUT2D eigenvalue weighted by Gasteiger charge is -2.42. The van der Waals surface area contributed by atoms with Gasteiger partial charge in [0.2, 0.25) is 5.43 Å². The topological polar surface area (TPSA) is 83.9 Å². The second-order valence-electron chi connectivity index (χ2n) is 9.66. The third-order valence-electron chi connectivity index (χ3n) is 7.09. The predicted molar refractivity (Wildman–Crippen MR) is 141 cm³/mol. The van der Waals surface area contributed by atoms with E-state index in [1.54, 1.807) is 29.2 Å². The Morgan fingerprint density at radius 1 is 1.07 bits per heavy atom. The Morgan fingerprint density at radius 3 is 2.45 bits per heavy atom. The molecule has 5 rings (SSSR count). The maximum Gasteiger partial charge on any atom is 0.278 e. The van der Waals surface area contributed by atoms with Gasteiger partial charge in [0.1, 0.15) is 36.3 Å². The lowest BCUT2D eigenvalue weighted by atomic mass is 10.1. The van der Waals surface area contributed by atoms with Crippen molar-refractivity contribution in [1.29, 1.82) is 0 Å². The van der Waals surface area contributed by atoms with Crippen molar-refractivity contribution < 1.29 is 27.5 Å². The highest BCUT2D eigenvalue weighted by molar-refractivity contribution is 5.99. The van der Waals surface area contributed by atoms with Gasteiger partial charge in [-0.3, -0.25) is 24.1 Å². The average Bonchev–Trinajstić information content (AvgIpc) is 3.07. The van der Waals surface area contributed by atoms with Crippen molar-refractivity contribution >= 4 is 11.8 Å². The number of carbonyl (C=O) groups excluding carboxylic acids is 2. The summed E-state index contributed by atoms with van der Waals surface area (Å²) in [4.78, 5) is 42.2. The van der Waals surface area contributed by atoms with Gasteiger partial charge in [-0.2, -0.15) is 0 Å². The molecule has 208 valence electrons. The van der Waals surface area contributed by atoms with E-state index < -0.39 is 46.8 Å². The van der Waals surface area contributed by atoms with Crippen LogP contribution >= 0.6 is 0 Å². The molecule has 2 aliphatic rings. The fraction of sp³-hybridized carbons (Fsp3) is 0.276. The molecule has 0 radical (unpaired) electrons. The zero-order valence-corrected chi connectivity index (χ0v) is 21.9. The zero-order valence-electron chi connectivity index (χ0n) is 21.9. The number of benzene rings is 2. The highest BCUT2D eigenvalue weighted by atomic mass is 19.1. The quantitative estimate of drug-likeness (QED) is 0.450. The second kappa shape index (κ2) is 10.9. The van der Waals surface area contributed by atoms with E-state index in [-0.39, 0.29) is 42.4 Å². The van der Waals surface area contributed by atoms with Crippen molar-refractivity contribution in [1.82, 2.24) is 14.9 Å². The summed E-state index contributed by atoms with van der Waals surface area (Å²) < 4.78 is 49.0. The predicted octanol–water partition coefficient (Wildman–Crippen LogP) is 3.86. The second-order valence-corrected chi connectivity index (χ2v) is 9.66. The minimum absolute atomic E-state index is 0.0200. The van der Waals surface area contributed by atoms with E-state index in [2.05, 4.69) is 5.32 Å². The monoisotopic (exact) mass is 552 g/mol. The minimum Gasteiger partial charge on any atom is -0.482 e. The van der Waals surface area contributed by atoms with Crippen molar-refractivity contribution in [3.8, 4) is 5.75 Å². The summed E-state index contributed by atoms with van der Waals surface area (Å²) in [5, 5.41) is 4.19. The molecule has 0 aliphatic carbocycles. The fourth-order valence-electron chi connectivity index (χ4n) is 4.85. The van der Waals surface area contributed by atoms with Crippen LogP contribution in [-0.2, 0) is 13.2 Å². The van der Waals surface area contributed by atoms with Crippen molar-refractivity contribution in [2.24, 2.45) is 0 Å². The largest absolute Gasteiger partial charge is 0.482 e. The Balaban J connectivity index is 1.58. The average molecular weight is 553 g/mol. The first-order valence-electron chi connectivity index (χ1n) is 12.8. The summed E-state index contributed by atoms with van der Waals surface area (Å²) >= 11 is 0. The molecule has 8 nitrogen and oxygen atoms in total. The van der Waals surface area contributed by atoms with Crippen molar-refractivity contribution in [3.05, 3.63) is 111 Å². The van der Waals surface area contributed by atoms with Gasteiger partial charge in [0.25, 0.3) is 11.8 Å². The Bertz CT molecular complexity index is 1530. The number of hydrogen-bond donors (Lipinski definition) is 1. The molecule has 0 fully saturated rings. The van der Waals surface area contributed by atoms with Crippen LogP contribution < -0.4 is 20.5 Å². The lowest BCUT2D eigenvalue weighted by Crippen LogP contribution is -2.58. The number of fused-ring (bicyclic) bond motifs is 4. The van der Waals surface area contributed by atoms with Gasteiger partial charge >= 0.3 is 0 Å². The van der Waals surface area contributed by atoms with E-state index in [1.807, 2.05) is 37.1 Å². The minimum atomic E-state index is -1.17. The van der Waals surface area contributed by atoms with Crippen molar-refractivity contribution in [2.45, 2.75) is 45.5 Å². The van der Waals surface area contributed by atoms with Gasteiger partial charge in [0, 0.05) is 36.5 Å². The Kier molecular flexibility index (Phi) is 7.38. The van der Waals surface area contributed by atoms with Crippen LogP contribution in [0.15, 0.2) is 65.6 Å². The molecule has 3 heterocycles. The highest BCUT2D eigenvalue weighted by Crippen LogP contribution is 2.28. The summed E-state index contributed by atoms with van der Waals surface area (Å²) in [5.74, 6) is -5.12. The summed E-state index contributed by atoms with van der Waals surface area (Å²) in [6.45, 7) is 3.37. The molecular formula is C29H27F3N4O4. The number of pyridine rings is 1. The summed E-state index contributed by atoms with van der Waals surface area (Å²) in [5.41, 5.74) is -1.07. The third-order valence-corrected chi connectivity index (χ3v) is 7.09. The van der Waals surface area contributed by atoms with Crippen LogP contribution in [0.3, 0.4) is 0 Å². The zero-order chi connectivity index (χ0) is 28.6. The van der Waals surface area contributed by atoms with E-state index in [1.165, 1.54) is 10.9 Å². The number of aromatic nitrogens is 1. The summed E-state index contributed by atoms with van der Waals surface area (Å²) in [7, 11) is 0. The molecule has 2 amide bonds. The van der Waals surface area contributed by atoms with Crippen molar-refractivity contribution in [2.75, 3.05) is 11.7 Å². The smallest absolute Gasteiger partial charge is 0.278 e. The highest BCUT2D eigenvalue weighted by Gasteiger charge is 2.39. The molecule has 1 aromatic heterocycles. The van der Waals surface area contributed by atoms with Crippen LogP contribution in [0.4, 0.5) is 13.2 Å². The first-order chi connectivity index (χ1) is 19.2. The molecule has 2 aliphatic heterocycles. The molecular weight excluding hydrogens is 525 g/mol. The Hall–Kier alpha value is -4.54. The van der Waals surface area contributed by atoms with Gasteiger partial charge in [0.15, 0.2) is 11.4 Å². The van der Waals surface area contributed by atoms with Gasteiger partial charge in [-0.05, 0) is 18.9 Å². The molecule has 11 heteroatoms. The number of rotatable bonds is 7. The molecule has 2 atom stereocenters. The van der Waals surface area contributed by atoms with Crippen LogP contribution in [0.5, 0.6) is 5.75 Å². The van der Waals surface area contributed by atoms with Crippen LogP contribution in [0, 0.1) is 17.5 Å². The van der Waals surface area contributed by atoms with Crippen LogP contribution in [0.2, 0.25) is 0 Å². The number of ether oxygens (including phenoxy) is 1. The first-order valence-corrected chi connectivity index (χ1v) is 12.8. The Labute approximate surface area is 228 Å². The summed E-state index contributed by atoms with van der Waals surface area (Å²) in [6.07, 6.45) is 5.80. The van der Waals surface area contributed by atoms with Crippen molar-refractivity contribution in [3.63, 3.8) is 0 Å². The molecule has 2 bridgehead atoms. The van der Waals surface area contributed by atoms with E-state index in [0.29, 0.717) is 18.6 Å². The number of halogens is 3. The third kappa shape index (κ3) is 4.94. The van der Waals surface area contributed by atoms with Crippen LogP contribution in [0.25, 0.3) is 0 Å². The molecule has 0 spiro atoms. The van der Waals surface area contributed by atoms with E-state index >= 15 is 0 Å². The molecule has 0 saturated heterocycles. The standard InChI is InChI=1S/C29H27F3N4O4/c1-3-20-10-9-17(2)34-16-36(20)35-14-22(28(38)33-13-21-23(31)11-19(30)12-24(21)32)26(37)27(25(35)29(34)39)40-15-18-7-5-4-6-8-18/h4-12,14,17,20H,3,13,15-16H2,1-2H3,(H,33,38)/t17-,20+/m0/s1. The van der Waals surface area contributed by atoms with Gasteiger partial charge in [0.05, 0.1) is 6.04 Å². The molecule has 1 N–H and O–H groups in total. The van der Waals surface area contributed by atoms with Gasteiger partial charge in [-0.1, -0.05) is 49.4 Å². The molecule has 2 aromatic carbocycles. The lowest BCUT2D eigenvalue weighted by molar-refractivity contribution is 0.0647. The molecule has 0 unspecified atom stereocenters. The fourth-order valence-corrected chi connectivity index (χ4v) is 4.85. The normalized spacial score (nSPS) is 17.9. The number of hydrogen-bond acceptors (Lipinski definition) is 5. The van der Waals surface area contributed by atoms with Gasteiger partial charge in [-0.15, -0.1) is 0 Å². The summed E-state index contributed by atoms with van der Waals surface area (Å²) in [6, 6.07) is 9.60. The van der Waals surface area contributed by atoms with E-state index in [4.69, 9.17) is 4.74 Å². The van der Waals surface area contributed by atoms with Gasteiger partial charge in [-0.25, -0.2) is 13.2 Å². The maximum atomic E-state index is 14.2. The molecule has 0 saturated carbocycles. The molecule has 40 heavy (non-hydrogen) atoms. The van der Waals surface area contributed by atoms with Crippen LogP contribution in [-0.4, -0.2) is 40.1 Å². The van der Waals surface area contributed by atoms with Gasteiger partial charge < -0.3 is 15.0 Å². The number of carbonyl (C=O) groups is 2. The number of amides is 2.